The number of benzene rings is 7. The molecule has 0 aliphatic carbocycles. The molecule has 2 heterocycles. The molecule has 5 heteroatoms. The lowest BCUT2D eigenvalue weighted by Crippen LogP contribution is -2.04. The van der Waals surface area contributed by atoms with Crippen LogP contribution in [-0.4, -0.2) is 19.5 Å². The van der Waals surface area contributed by atoms with Crippen LogP contribution in [0.15, 0.2) is 152 Å². The summed E-state index contributed by atoms with van der Waals surface area (Å²) in [4.78, 5) is 15.1. The van der Waals surface area contributed by atoms with E-state index in [0.717, 1.165) is 44.2 Å². The van der Waals surface area contributed by atoms with E-state index in [2.05, 4.69) is 111 Å². The van der Waals surface area contributed by atoms with Gasteiger partial charge < -0.3 is 4.57 Å². The van der Waals surface area contributed by atoms with Gasteiger partial charge in [-0.2, -0.15) is 5.26 Å². The molecule has 0 atom stereocenters. The highest BCUT2D eigenvalue weighted by molar-refractivity contribution is 6.12. The molecule has 0 spiro atoms. The Balaban J connectivity index is 1.34. The minimum absolute atomic E-state index is 0.494. The van der Waals surface area contributed by atoms with Crippen LogP contribution in [0.1, 0.15) is 27.8 Å². The summed E-state index contributed by atoms with van der Waals surface area (Å²) in [6.45, 7) is 8.63. The van der Waals surface area contributed by atoms with Crippen molar-refractivity contribution in [2.24, 2.45) is 0 Å². The van der Waals surface area contributed by atoms with E-state index in [1.165, 1.54) is 44.5 Å². The molecule has 262 valence electrons. The number of nitrogens with zero attached hydrogens (tertiary/aromatic N) is 5. The molecule has 0 saturated heterocycles. The topological polar surface area (TPSA) is 67.4 Å². The number of nitriles is 1. The molecule has 0 unspecified atom stereocenters. The van der Waals surface area contributed by atoms with Gasteiger partial charge in [0.05, 0.1) is 28.4 Å². The molecule has 0 radical (unpaired) electrons. The molecule has 0 aliphatic rings. The second kappa shape index (κ2) is 13.7. The zero-order valence-electron chi connectivity index (χ0n) is 31.2. The Hall–Kier alpha value is -7.16. The molecule has 0 fully saturated rings. The standard InChI is InChI=1S/C50H37N5/c1-31-15-20-40(33(3)25-31)38-18-23-45-42(28-38)43-29-39(41-21-16-32(2)26-34(41)4)19-24-46(43)55(45)47-22-17-35(30-51)27-44(47)50-53-48(36-11-7-5-8-12-36)52-49(54-50)37-13-9-6-10-14-37/h5-29H,1-4H3. The first-order valence-corrected chi connectivity index (χ1v) is 18.5. The lowest BCUT2D eigenvalue weighted by molar-refractivity contribution is 1.06. The maximum absolute atomic E-state index is 10.2. The highest BCUT2D eigenvalue weighted by atomic mass is 15.1. The molecule has 55 heavy (non-hydrogen) atoms. The smallest absolute Gasteiger partial charge is 0.166 e. The quantitative estimate of drug-likeness (QED) is 0.173. The number of rotatable bonds is 6. The third-order valence-electron chi connectivity index (χ3n) is 10.5. The third kappa shape index (κ3) is 6.14. The van der Waals surface area contributed by atoms with Crippen LogP contribution in [0.25, 0.3) is 83.9 Å². The van der Waals surface area contributed by atoms with Gasteiger partial charge in [0.25, 0.3) is 0 Å². The Morgan fingerprint density at radius 3 is 1.40 bits per heavy atom. The molecule has 0 amide bonds. The molecular formula is C50H37N5. The van der Waals surface area contributed by atoms with Gasteiger partial charge in [-0.1, -0.05) is 120 Å². The zero-order valence-corrected chi connectivity index (χ0v) is 31.2. The van der Waals surface area contributed by atoms with Crippen molar-refractivity contribution in [1.29, 1.82) is 5.26 Å². The zero-order chi connectivity index (χ0) is 37.6. The third-order valence-corrected chi connectivity index (χ3v) is 10.5. The van der Waals surface area contributed by atoms with Crippen molar-refractivity contribution in [1.82, 2.24) is 19.5 Å². The number of aryl methyl sites for hydroxylation is 4. The van der Waals surface area contributed by atoms with Gasteiger partial charge >= 0.3 is 0 Å². The molecule has 7 aromatic carbocycles. The average Bonchev–Trinajstić information content (AvgIpc) is 3.54. The normalized spacial score (nSPS) is 11.3. The molecular weight excluding hydrogens is 671 g/mol. The van der Waals surface area contributed by atoms with Crippen molar-refractivity contribution < 1.29 is 0 Å². The second-order valence-corrected chi connectivity index (χ2v) is 14.3. The number of aromatic nitrogens is 4. The van der Waals surface area contributed by atoms with Crippen LogP contribution in [0.3, 0.4) is 0 Å². The van der Waals surface area contributed by atoms with Gasteiger partial charge in [-0.25, -0.2) is 15.0 Å². The van der Waals surface area contributed by atoms with Gasteiger partial charge in [0, 0.05) is 27.5 Å². The Morgan fingerprint density at radius 2 is 0.927 bits per heavy atom. The Bertz CT molecular complexity index is 2800. The minimum Gasteiger partial charge on any atom is -0.308 e. The van der Waals surface area contributed by atoms with Crippen molar-refractivity contribution in [2.45, 2.75) is 27.7 Å². The lowest BCUT2D eigenvalue weighted by Gasteiger charge is -2.15. The average molecular weight is 708 g/mol. The summed E-state index contributed by atoms with van der Waals surface area (Å²) in [5.41, 5.74) is 15.7. The Labute approximate surface area is 320 Å². The summed E-state index contributed by atoms with van der Waals surface area (Å²) in [6.07, 6.45) is 0. The van der Waals surface area contributed by atoms with Crippen LogP contribution in [0.2, 0.25) is 0 Å². The van der Waals surface area contributed by atoms with Crippen LogP contribution < -0.4 is 0 Å². The summed E-state index contributed by atoms with van der Waals surface area (Å²) in [5.74, 6) is 1.63. The van der Waals surface area contributed by atoms with E-state index in [1.807, 2.05) is 78.9 Å². The summed E-state index contributed by atoms with van der Waals surface area (Å²) in [7, 11) is 0. The highest BCUT2D eigenvalue weighted by Gasteiger charge is 2.21. The Kier molecular flexibility index (Phi) is 8.37. The van der Waals surface area contributed by atoms with Crippen molar-refractivity contribution in [2.75, 3.05) is 0 Å². The van der Waals surface area contributed by atoms with Crippen LogP contribution >= 0.6 is 0 Å². The van der Waals surface area contributed by atoms with E-state index in [0.29, 0.717) is 23.0 Å². The van der Waals surface area contributed by atoms with Crippen molar-refractivity contribution in [3.63, 3.8) is 0 Å². The monoisotopic (exact) mass is 707 g/mol. The molecule has 9 aromatic rings. The summed E-state index contributed by atoms with van der Waals surface area (Å²) < 4.78 is 2.30. The number of hydrogen-bond acceptors (Lipinski definition) is 4. The molecule has 5 nitrogen and oxygen atoms in total. The predicted molar refractivity (Wildman–Crippen MR) is 225 cm³/mol. The lowest BCUT2D eigenvalue weighted by atomic mass is 9.95. The first kappa shape index (κ1) is 33.7. The molecule has 0 bridgehead atoms. The summed E-state index contributed by atoms with van der Waals surface area (Å²) in [5, 5.41) is 12.5. The first-order valence-electron chi connectivity index (χ1n) is 18.5. The van der Waals surface area contributed by atoms with Gasteiger partial charge in [-0.3, -0.25) is 0 Å². The number of fused-ring (bicyclic) bond motifs is 3. The fourth-order valence-electron chi connectivity index (χ4n) is 7.80. The Morgan fingerprint density at radius 1 is 0.436 bits per heavy atom. The van der Waals surface area contributed by atoms with Crippen molar-refractivity contribution >= 4 is 21.8 Å². The van der Waals surface area contributed by atoms with E-state index < -0.39 is 0 Å². The van der Waals surface area contributed by atoms with E-state index >= 15 is 0 Å². The van der Waals surface area contributed by atoms with Gasteiger partial charge in [-0.05, 0) is 104 Å². The highest BCUT2D eigenvalue weighted by Crippen LogP contribution is 2.40. The molecule has 2 aromatic heterocycles. The van der Waals surface area contributed by atoms with Crippen LogP contribution in [0.5, 0.6) is 0 Å². The van der Waals surface area contributed by atoms with Crippen LogP contribution in [-0.2, 0) is 0 Å². The fourth-order valence-corrected chi connectivity index (χ4v) is 7.80. The van der Waals surface area contributed by atoms with Crippen molar-refractivity contribution in [3.05, 3.63) is 179 Å². The van der Waals surface area contributed by atoms with E-state index in [4.69, 9.17) is 15.0 Å². The van der Waals surface area contributed by atoms with Crippen molar-refractivity contribution in [3.8, 4) is 68.2 Å². The number of hydrogen-bond donors (Lipinski definition) is 0. The second-order valence-electron chi connectivity index (χ2n) is 14.3. The van der Waals surface area contributed by atoms with E-state index in [1.54, 1.807) is 0 Å². The summed E-state index contributed by atoms with van der Waals surface area (Å²) >= 11 is 0. The van der Waals surface area contributed by atoms with E-state index in [9.17, 15) is 5.26 Å². The SMILES string of the molecule is Cc1ccc(-c2ccc3c(c2)c2cc(-c4ccc(C)cc4C)ccc2n3-c2ccc(C#N)cc2-c2nc(-c3ccccc3)nc(-c3ccccc3)n2)c(C)c1. The minimum atomic E-state index is 0.494. The maximum Gasteiger partial charge on any atom is 0.166 e. The maximum atomic E-state index is 10.2. The molecule has 0 N–H and O–H groups in total. The largest absolute Gasteiger partial charge is 0.308 e. The first-order chi connectivity index (χ1) is 26.8. The van der Waals surface area contributed by atoms with Gasteiger partial charge in [0.15, 0.2) is 17.5 Å². The van der Waals surface area contributed by atoms with E-state index in [-0.39, 0.29) is 0 Å². The van der Waals surface area contributed by atoms with Gasteiger partial charge in [0.1, 0.15) is 0 Å². The fraction of sp³-hybridized carbons (Fsp3) is 0.0800. The summed E-state index contributed by atoms with van der Waals surface area (Å²) in [6, 6.07) is 54.9. The molecule has 9 rings (SSSR count). The predicted octanol–water partition coefficient (Wildman–Crippen LogP) is 12.4. The van der Waals surface area contributed by atoms with Gasteiger partial charge in [-0.15, -0.1) is 0 Å². The van der Waals surface area contributed by atoms with Crippen LogP contribution in [0.4, 0.5) is 0 Å². The molecule has 0 aliphatic heterocycles. The van der Waals surface area contributed by atoms with Gasteiger partial charge in [0.2, 0.25) is 0 Å². The van der Waals surface area contributed by atoms with Crippen LogP contribution in [0, 0.1) is 39.0 Å². The molecule has 0 saturated carbocycles.